The number of fused-ring (bicyclic) bond motifs is 1. The van der Waals surface area contributed by atoms with E-state index in [0.29, 0.717) is 0 Å². The average molecular weight is 265 g/mol. The van der Waals surface area contributed by atoms with Crippen LogP contribution in [0.3, 0.4) is 0 Å². The fraction of sp³-hybridized carbons (Fsp3) is 0.222. The molecule has 0 bridgehead atoms. The van der Waals surface area contributed by atoms with Crippen molar-refractivity contribution in [3.8, 4) is 11.1 Å². The standard InChI is InChI=1S/C18H17S/c1-2-3-4-14-5-7-15(8-6-14)17-10-9-16-11-12-19-18(16)13-17/h5-10,12-13H,2-4H2,1H3. The van der Waals surface area contributed by atoms with Crippen molar-refractivity contribution >= 4 is 21.4 Å². The van der Waals surface area contributed by atoms with Crippen LogP contribution in [0.2, 0.25) is 0 Å². The van der Waals surface area contributed by atoms with Gasteiger partial charge in [-0.3, -0.25) is 0 Å². The maximum absolute atomic E-state index is 3.25. The summed E-state index contributed by atoms with van der Waals surface area (Å²) < 4.78 is 1.31. The van der Waals surface area contributed by atoms with Gasteiger partial charge in [-0.25, -0.2) is 0 Å². The second kappa shape index (κ2) is 5.58. The third-order valence-electron chi connectivity index (χ3n) is 3.49. The van der Waals surface area contributed by atoms with Crippen LogP contribution in [0.5, 0.6) is 0 Å². The van der Waals surface area contributed by atoms with Crippen LogP contribution in [0, 0.1) is 6.07 Å². The van der Waals surface area contributed by atoms with E-state index in [4.69, 9.17) is 0 Å². The molecular formula is C18H17S. The molecule has 1 heterocycles. The van der Waals surface area contributed by atoms with Crippen LogP contribution in [0.4, 0.5) is 0 Å². The number of hydrogen-bond acceptors (Lipinski definition) is 1. The first kappa shape index (κ1) is 12.4. The molecule has 0 aliphatic heterocycles. The summed E-state index contributed by atoms with van der Waals surface area (Å²) >= 11 is 1.75. The van der Waals surface area contributed by atoms with Gasteiger partial charge in [0.05, 0.1) is 0 Å². The molecule has 0 aliphatic carbocycles. The van der Waals surface area contributed by atoms with Crippen molar-refractivity contribution in [2.45, 2.75) is 26.2 Å². The lowest BCUT2D eigenvalue weighted by molar-refractivity contribution is 0.795. The SMILES string of the molecule is CCCCc1ccc(-c2ccc3[c]csc3c2)cc1. The number of benzene rings is 2. The lowest BCUT2D eigenvalue weighted by Crippen LogP contribution is -1.84. The van der Waals surface area contributed by atoms with E-state index in [1.807, 2.05) is 5.38 Å². The highest BCUT2D eigenvalue weighted by Gasteiger charge is 2.01. The number of thiophene rings is 1. The summed E-state index contributed by atoms with van der Waals surface area (Å²) in [5.74, 6) is 0. The zero-order valence-corrected chi connectivity index (χ0v) is 12.0. The Morgan fingerprint density at radius 1 is 1.00 bits per heavy atom. The minimum atomic E-state index is 1.19. The first-order valence-corrected chi connectivity index (χ1v) is 7.73. The molecule has 0 fully saturated rings. The fourth-order valence-corrected chi connectivity index (χ4v) is 3.08. The van der Waals surface area contributed by atoms with Crippen molar-refractivity contribution < 1.29 is 0 Å². The molecule has 0 atom stereocenters. The minimum Gasteiger partial charge on any atom is -0.143 e. The van der Waals surface area contributed by atoms with Gasteiger partial charge in [0.15, 0.2) is 0 Å². The van der Waals surface area contributed by atoms with Gasteiger partial charge in [0.25, 0.3) is 0 Å². The molecule has 95 valence electrons. The second-order valence-corrected chi connectivity index (χ2v) is 5.80. The second-order valence-electron chi connectivity index (χ2n) is 4.89. The molecular weight excluding hydrogens is 248 g/mol. The van der Waals surface area contributed by atoms with Crippen molar-refractivity contribution in [2.75, 3.05) is 0 Å². The van der Waals surface area contributed by atoms with Gasteiger partial charge in [-0.1, -0.05) is 49.7 Å². The van der Waals surface area contributed by atoms with Crippen LogP contribution < -0.4 is 0 Å². The normalized spacial score (nSPS) is 11.0. The van der Waals surface area contributed by atoms with Crippen molar-refractivity contribution in [1.29, 1.82) is 0 Å². The molecule has 0 nitrogen and oxygen atoms in total. The summed E-state index contributed by atoms with van der Waals surface area (Å²) in [6.07, 6.45) is 3.72. The van der Waals surface area contributed by atoms with Crippen molar-refractivity contribution in [3.63, 3.8) is 0 Å². The zero-order valence-electron chi connectivity index (χ0n) is 11.1. The Labute approximate surface area is 118 Å². The highest BCUT2D eigenvalue weighted by atomic mass is 32.1. The molecule has 0 amide bonds. The average Bonchev–Trinajstić information content (AvgIpc) is 2.93. The molecule has 0 aliphatic rings. The van der Waals surface area contributed by atoms with Crippen LogP contribution in [0.15, 0.2) is 47.8 Å². The van der Waals surface area contributed by atoms with E-state index in [1.165, 1.54) is 46.0 Å². The van der Waals surface area contributed by atoms with E-state index in [0.717, 1.165) is 0 Å². The zero-order chi connectivity index (χ0) is 13.1. The van der Waals surface area contributed by atoms with E-state index in [1.54, 1.807) is 11.3 Å². The van der Waals surface area contributed by atoms with E-state index < -0.39 is 0 Å². The largest absolute Gasteiger partial charge is 0.143 e. The summed E-state index contributed by atoms with van der Waals surface area (Å²) in [5.41, 5.74) is 4.04. The first-order valence-electron chi connectivity index (χ1n) is 6.85. The van der Waals surface area contributed by atoms with Gasteiger partial charge in [0.2, 0.25) is 0 Å². The van der Waals surface area contributed by atoms with Gasteiger partial charge in [-0.2, -0.15) is 0 Å². The van der Waals surface area contributed by atoms with E-state index in [2.05, 4.69) is 55.5 Å². The summed E-state index contributed by atoms with van der Waals surface area (Å²) in [6, 6.07) is 18.9. The third-order valence-corrected chi connectivity index (χ3v) is 4.32. The van der Waals surface area contributed by atoms with Crippen LogP contribution in [0.25, 0.3) is 21.2 Å². The Balaban J connectivity index is 1.88. The van der Waals surface area contributed by atoms with E-state index in [9.17, 15) is 0 Å². The maximum Gasteiger partial charge on any atom is 0.0355 e. The topological polar surface area (TPSA) is 0 Å². The summed E-state index contributed by atoms with van der Waals surface area (Å²) in [6.45, 7) is 2.24. The van der Waals surface area contributed by atoms with Crippen LogP contribution >= 0.6 is 11.3 Å². The van der Waals surface area contributed by atoms with E-state index >= 15 is 0 Å². The number of hydrogen-bond donors (Lipinski definition) is 0. The Morgan fingerprint density at radius 3 is 2.58 bits per heavy atom. The quantitative estimate of drug-likeness (QED) is 0.566. The Kier molecular flexibility index (Phi) is 3.65. The lowest BCUT2D eigenvalue weighted by atomic mass is 10.0. The molecule has 0 saturated heterocycles. The van der Waals surface area contributed by atoms with Gasteiger partial charge in [-0.05, 0) is 41.0 Å². The highest BCUT2D eigenvalue weighted by Crippen LogP contribution is 2.27. The van der Waals surface area contributed by atoms with Crippen molar-refractivity contribution in [2.24, 2.45) is 0 Å². The molecule has 0 unspecified atom stereocenters. The number of rotatable bonds is 4. The predicted molar refractivity (Wildman–Crippen MR) is 84.7 cm³/mol. The van der Waals surface area contributed by atoms with Gasteiger partial charge in [-0.15, -0.1) is 11.3 Å². The molecule has 1 radical (unpaired) electrons. The molecule has 3 aromatic rings. The van der Waals surface area contributed by atoms with Crippen LogP contribution in [0.1, 0.15) is 25.3 Å². The van der Waals surface area contributed by atoms with Gasteiger partial charge < -0.3 is 0 Å². The summed E-state index contributed by atoms with van der Waals surface area (Å²) in [7, 11) is 0. The molecule has 3 rings (SSSR count). The molecule has 0 N–H and O–H groups in total. The lowest BCUT2D eigenvalue weighted by Gasteiger charge is -2.04. The summed E-state index contributed by atoms with van der Waals surface area (Å²) in [5, 5.41) is 3.25. The molecule has 0 spiro atoms. The Hall–Kier alpha value is -1.60. The molecule has 0 saturated carbocycles. The van der Waals surface area contributed by atoms with Gasteiger partial charge in [0, 0.05) is 16.2 Å². The van der Waals surface area contributed by atoms with Gasteiger partial charge >= 0.3 is 0 Å². The number of unbranched alkanes of at least 4 members (excludes halogenated alkanes) is 1. The third kappa shape index (κ3) is 2.71. The monoisotopic (exact) mass is 265 g/mol. The van der Waals surface area contributed by atoms with Crippen molar-refractivity contribution in [3.05, 3.63) is 59.5 Å². The smallest absolute Gasteiger partial charge is 0.0355 e. The maximum atomic E-state index is 3.25. The summed E-state index contributed by atoms with van der Waals surface area (Å²) in [4.78, 5) is 0. The van der Waals surface area contributed by atoms with Crippen LogP contribution in [-0.2, 0) is 6.42 Å². The Bertz CT molecular complexity index is 661. The van der Waals surface area contributed by atoms with E-state index in [-0.39, 0.29) is 0 Å². The van der Waals surface area contributed by atoms with Crippen LogP contribution in [-0.4, -0.2) is 0 Å². The van der Waals surface area contributed by atoms with Gasteiger partial charge in [0.1, 0.15) is 0 Å². The molecule has 2 aromatic carbocycles. The fourth-order valence-electron chi connectivity index (χ4n) is 2.32. The first-order chi connectivity index (χ1) is 9.36. The predicted octanol–water partition coefficient (Wildman–Crippen LogP) is 5.71. The minimum absolute atomic E-state index is 1.19. The highest BCUT2D eigenvalue weighted by molar-refractivity contribution is 7.17. The Morgan fingerprint density at radius 2 is 1.79 bits per heavy atom. The molecule has 19 heavy (non-hydrogen) atoms. The number of aryl methyl sites for hydroxylation is 1. The molecule has 1 aromatic heterocycles. The van der Waals surface area contributed by atoms with Crippen molar-refractivity contribution in [1.82, 2.24) is 0 Å². The molecule has 1 heteroatoms.